The summed E-state index contributed by atoms with van der Waals surface area (Å²) in [6, 6.07) is 0. The number of nitrogens with zero attached hydrogens (tertiary/aromatic N) is 3. The average Bonchev–Trinajstić information content (AvgIpc) is 2.66. The largest absolute Gasteiger partial charge is 0.465 e. The van der Waals surface area contributed by atoms with Gasteiger partial charge in [0.1, 0.15) is 15.0 Å². The normalized spacial score (nSPS) is 20.5. The number of aryl methyl sites for hydroxylation is 1. The molecule has 1 fully saturated rings. The third-order valence-electron chi connectivity index (χ3n) is 3.04. The summed E-state index contributed by atoms with van der Waals surface area (Å²) in [7, 11) is 0. The van der Waals surface area contributed by atoms with Crippen molar-refractivity contribution in [1.29, 1.82) is 0 Å². The van der Waals surface area contributed by atoms with Crippen molar-refractivity contribution >= 4 is 28.7 Å². The van der Waals surface area contributed by atoms with Crippen LogP contribution in [0.2, 0.25) is 0 Å². The lowest BCUT2D eigenvalue weighted by molar-refractivity contribution is -0.0640. The van der Waals surface area contributed by atoms with Crippen molar-refractivity contribution in [3.8, 4) is 5.88 Å². The van der Waals surface area contributed by atoms with Gasteiger partial charge in [0.15, 0.2) is 6.10 Å². The molecule has 0 saturated carbocycles. The van der Waals surface area contributed by atoms with Gasteiger partial charge in [0.25, 0.3) is 0 Å². The predicted molar refractivity (Wildman–Crippen MR) is 86.7 cm³/mol. The fourth-order valence-electron chi connectivity index (χ4n) is 2.04. The van der Waals surface area contributed by atoms with E-state index in [2.05, 4.69) is 9.97 Å². The molecule has 2 heterocycles. The van der Waals surface area contributed by atoms with Gasteiger partial charge in [0.05, 0.1) is 19.3 Å². The van der Waals surface area contributed by atoms with Gasteiger partial charge in [-0.25, -0.2) is 23.5 Å². The third kappa shape index (κ3) is 4.61. The number of carbonyl (C=O) groups excluding carboxylic acids is 1. The summed E-state index contributed by atoms with van der Waals surface area (Å²) in [5, 5.41) is 0. The minimum Gasteiger partial charge on any atom is -0.465 e. The van der Waals surface area contributed by atoms with Crippen LogP contribution in [0.4, 0.5) is 13.6 Å². The Morgan fingerprint density at radius 2 is 2.13 bits per heavy atom. The van der Waals surface area contributed by atoms with Crippen molar-refractivity contribution < 1.29 is 23.0 Å². The highest BCUT2D eigenvalue weighted by molar-refractivity contribution is 14.1. The van der Waals surface area contributed by atoms with Gasteiger partial charge in [-0.05, 0) is 50.3 Å². The summed E-state index contributed by atoms with van der Waals surface area (Å²) in [6.45, 7) is 5.65. The fraction of sp³-hybridized carbons (Fsp3) is 0.643. The van der Waals surface area contributed by atoms with Crippen LogP contribution in [0.1, 0.15) is 26.5 Å². The van der Waals surface area contributed by atoms with Crippen molar-refractivity contribution in [2.75, 3.05) is 13.1 Å². The maximum atomic E-state index is 14.1. The fourth-order valence-corrected chi connectivity index (χ4v) is 2.54. The molecule has 1 saturated heterocycles. The number of amides is 1. The van der Waals surface area contributed by atoms with Gasteiger partial charge in [-0.3, -0.25) is 4.90 Å². The molecule has 0 aromatic carbocycles. The van der Waals surface area contributed by atoms with Gasteiger partial charge in [-0.2, -0.15) is 0 Å². The molecule has 6 nitrogen and oxygen atoms in total. The Morgan fingerprint density at radius 3 is 2.70 bits per heavy atom. The van der Waals surface area contributed by atoms with Crippen molar-refractivity contribution in [1.82, 2.24) is 14.9 Å². The van der Waals surface area contributed by atoms with E-state index in [9.17, 15) is 13.6 Å². The Morgan fingerprint density at radius 1 is 1.48 bits per heavy atom. The molecule has 1 amide bonds. The lowest BCUT2D eigenvalue weighted by Gasteiger charge is -2.24. The van der Waals surface area contributed by atoms with E-state index in [0.717, 1.165) is 4.90 Å². The summed E-state index contributed by atoms with van der Waals surface area (Å²) < 4.78 is 39.3. The number of likely N-dealkylation sites (tertiary alicyclic amines) is 1. The molecule has 1 aliphatic heterocycles. The lowest BCUT2D eigenvalue weighted by atomic mass is 10.2. The number of carbonyl (C=O) groups is 1. The first-order valence-electron chi connectivity index (χ1n) is 6.99. The summed E-state index contributed by atoms with van der Waals surface area (Å²) in [4.78, 5) is 21.0. The van der Waals surface area contributed by atoms with Crippen LogP contribution in [0.25, 0.3) is 0 Å². The Labute approximate surface area is 146 Å². The highest BCUT2D eigenvalue weighted by Gasteiger charge is 2.52. The maximum Gasteiger partial charge on any atom is 0.410 e. The Hall–Kier alpha value is -1.26. The molecule has 0 spiro atoms. The molecule has 1 unspecified atom stereocenters. The molecule has 0 radical (unpaired) electrons. The molecule has 23 heavy (non-hydrogen) atoms. The summed E-state index contributed by atoms with van der Waals surface area (Å²) in [6.07, 6.45) is -0.835. The Kier molecular flexibility index (Phi) is 4.97. The molecule has 0 N–H and O–H groups in total. The van der Waals surface area contributed by atoms with Gasteiger partial charge in [0, 0.05) is 0 Å². The van der Waals surface area contributed by atoms with E-state index in [0.29, 0.717) is 9.39 Å². The van der Waals surface area contributed by atoms with E-state index >= 15 is 0 Å². The van der Waals surface area contributed by atoms with E-state index in [-0.39, 0.29) is 12.4 Å². The number of hydrogen-bond acceptors (Lipinski definition) is 5. The highest BCUT2D eigenvalue weighted by atomic mass is 127. The molecule has 0 aliphatic carbocycles. The standard InChI is InChI=1S/C14H18F2IN3O3/c1-8-11(18-5-10(17)19-8)22-9-6-20(7-14(9,15)16)12(21)23-13(2,3)4/h5,9H,6-7H2,1-4H3. The number of hydrogen-bond donors (Lipinski definition) is 0. The van der Waals surface area contributed by atoms with E-state index in [1.165, 1.54) is 6.20 Å². The average molecular weight is 441 g/mol. The third-order valence-corrected chi connectivity index (χ3v) is 3.56. The molecule has 0 bridgehead atoms. The van der Waals surface area contributed by atoms with E-state index in [1.54, 1.807) is 27.7 Å². The number of ether oxygens (including phenoxy) is 2. The zero-order chi connectivity index (χ0) is 17.4. The number of aromatic nitrogens is 2. The molecule has 1 atom stereocenters. The highest BCUT2D eigenvalue weighted by Crippen LogP contribution is 2.32. The first-order chi connectivity index (χ1) is 10.5. The van der Waals surface area contributed by atoms with Crippen LogP contribution in [0, 0.1) is 10.6 Å². The monoisotopic (exact) mass is 441 g/mol. The molecule has 1 aliphatic rings. The van der Waals surface area contributed by atoms with Crippen molar-refractivity contribution in [3.05, 3.63) is 15.6 Å². The first-order valence-corrected chi connectivity index (χ1v) is 8.07. The van der Waals surface area contributed by atoms with Gasteiger partial charge < -0.3 is 9.47 Å². The topological polar surface area (TPSA) is 64.6 Å². The SMILES string of the molecule is Cc1nc(I)cnc1OC1CN(C(=O)OC(C)(C)C)CC1(F)F. The number of alkyl halides is 2. The van der Waals surface area contributed by atoms with Gasteiger partial charge in [-0.15, -0.1) is 0 Å². The van der Waals surface area contributed by atoms with Crippen LogP contribution < -0.4 is 4.74 Å². The summed E-state index contributed by atoms with van der Waals surface area (Å²) in [5.74, 6) is -3.14. The van der Waals surface area contributed by atoms with Crippen LogP contribution >= 0.6 is 22.6 Å². The minimum atomic E-state index is -3.19. The number of rotatable bonds is 2. The van der Waals surface area contributed by atoms with E-state index in [4.69, 9.17) is 9.47 Å². The second-order valence-electron chi connectivity index (χ2n) is 6.31. The van der Waals surface area contributed by atoms with E-state index in [1.807, 2.05) is 22.6 Å². The second-order valence-corrected chi connectivity index (χ2v) is 7.42. The molecular formula is C14H18F2IN3O3. The molecule has 1 aromatic rings. The molecule has 1 aromatic heterocycles. The summed E-state index contributed by atoms with van der Waals surface area (Å²) >= 11 is 1.97. The zero-order valence-corrected chi connectivity index (χ0v) is 15.4. The molecular weight excluding hydrogens is 423 g/mol. The summed E-state index contributed by atoms with van der Waals surface area (Å²) in [5.41, 5.74) is -0.327. The van der Waals surface area contributed by atoms with E-state index < -0.39 is 30.3 Å². The molecule has 128 valence electrons. The Bertz CT molecular complexity index is 607. The second kappa shape index (κ2) is 6.33. The van der Waals surface area contributed by atoms with Crippen LogP contribution in [0.15, 0.2) is 6.20 Å². The Balaban J connectivity index is 2.09. The molecule has 2 rings (SSSR count). The van der Waals surface area contributed by atoms with Crippen molar-refractivity contribution in [2.24, 2.45) is 0 Å². The quantitative estimate of drug-likeness (QED) is 0.661. The van der Waals surface area contributed by atoms with Gasteiger partial charge in [0.2, 0.25) is 5.88 Å². The smallest absolute Gasteiger partial charge is 0.410 e. The van der Waals surface area contributed by atoms with Crippen molar-refractivity contribution in [3.63, 3.8) is 0 Å². The van der Waals surface area contributed by atoms with Gasteiger partial charge >= 0.3 is 12.0 Å². The van der Waals surface area contributed by atoms with Crippen LogP contribution in [-0.4, -0.2) is 51.7 Å². The molecule has 9 heteroatoms. The minimum absolute atomic E-state index is 0.0427. The zero-order valence-electron chi connectivity index (χ0n) is 13.3. The van der Waals surface area contributed by atoms with Crippen LogP contribution in [0.5, 0.6) is 5.88 Å². The predicted octanol–water partition coefficient (Wildman–Crippen LogP) is 3.02. The number of halogens is 3. The van der Waals surface area contributed by atoms with Crippen LogP contribution in [0.3, 0.4) is 0 Å². The first kappa shape index (κ1) is 18.1. The van der Waals surface area contributed by atoms with Crippen molar-refractivity contribution in [2.45, 2.75) is 45.3 Å². The lowest BCUT2D eigenvalue weighted by Crippen LogP contribution is -2.37. The van der Waals surface area contributed by atoms with Gasteiger partial charge in [-0.1, -0.05) is 0 Å². The van der Waals surface area contributed by atoms with Crippen LogP contribution in [-0.2, 0) is 4.74 Å². The maximum absolute atomic E-state index is 14.1.